The van der Waals surface area contributed by atoms with Gasteiger partial charge < -0.3 is 4.90 Å². The number of rotatable bonds is 5. The van der Waals surface area contributed by atoms with E-state index < -0.39 is 4.92 Å². The summed E-state index contributed by atoms with van der Waals surface area (Å²) in [6.45, 7) is 2.70. The highest BCUT2D eigenvalue weighted by atomic mass is 32.2. The number of likely N-dealkylation sites (N-methyl/N-ethyl adjacent to an activating group) is 1. The molecule has 1 aromatic carbocycles. The van der Waals surface area contributed by atoms with E-state index in [1.807, 2.05) is 4.90 Å². The molecule has 0 aliphatic carbocycles. The third-order valence-electron chi connectivity index (χ3n) is 3.96. The van der Waals surface area contributed by atoms with Gasteiger partial charge in [0, 0.05) is 51.5 Å². The fourth-order valence-corrected chi connectivity index (χ4v) is 3.88. The number of non-ortho nitro benzene ring substituents is 1. The van der Waals surface area contributed by atoms with Gasteiger partial charge in [0.15, 0.2) is 5.12 Å². The Morgan fingerprint density at radius 3 is 2.46 bits per heavy atom. The summed E-state index contributed by atoms with van der Waals surface area (Å²) in [4.78, 5) is 37.7. The van der Waals surface area contributed by atoms with Crippen LogP contribution < -0.4 is 0 Å². The second kappa shape index (κ2) is 7.76. The molecule has 1 saturated heterocycles. The Morgan fingerprint density at radius 1 is 1.33 bits per heavy atom. The lowest BCUT2D eigenvalue weighted by atomic mass is 10.1. The van der Waals surface area contributed by atoms with E-state index in [4.69, 9.17) is 0 Å². The van der Waals surface area contributed by atoms with Crippen molar-refractivity contribution in [3.8, 4) is 0 Å². The van der Waals surface area contributed by atoms with Crippen LogP contribution in [0.3, 0.4) is 0 Å². The van der Waals surface area contributed by atoms with Crippen LogP contribution in [0.5, 0.6) is 0 Å². The predicted molar refractivity (Wildman–Crippen MR) is 92.7 cm³/mol. The molecule has 7 nitrogen and oxygen atoms in total. The monoisotopic (exact) mass is 351 g/mol. The van der Waals surface area contributed by atoms with Crippen LogP contribution in [0.15, 0.2) is 24.3 Å². The summed E-state index contributed by atoms with van der Waals surface area (Å²) in [5.74, 6) is 0.0172. The van der Waals surface area contributed by atoms with Crippen LogP contribution in [0, 0.1) is 10.1 Å². The molecule has 1 heterocycles. The standard InChI is InChI=1S/C16H21N3O4S/c1-11(20)24-14-8-15(16(21)17(2)3)18(10-14)9-12-4-6-13(7-5-12)19(22)23/h4-7,14-15H,8-10H2,1-3H3/t14-,15-/m0/s1. The molecule has 1 amide bonds. The fourth-order valence-electron chi connectivity index (χ4n) is 2.87. The van der Waals surface area contributed by atoms with Crippen molar-refractivity contribution < 1.29 is 14.5 Å². The van der Waals surface area contributed by atoms with Crippen molar-refractivity contribution in [1.29, 1.82) is 0 Å². The van der Waals surface area contributed by atoms with Gasteiger partial charge in [0.1, 0.15) is 0 Å². The van der Waals surface area contributed by atoms with E-state index in [0.717, 1.165) is 5.56 Å². The predicted octanol–water partition coefficient (Wildman–Crippen LogP) is 1.91. The maximum Gasteiger partial charge on any atom is 0.269 e. The van der Waals surface area contributed by atoms with Crippen molar-refractivity contribution >= 4 is 28.5 Å². The number of amides is 1. The summed E-state index contributed by atoms with van der Waals surface area (Å²) >= 11 is 1.27. The molecule has 1 fully saturated rings. The van der Waals surface area contributed by atoms with E-state index in [1.54, 1.807) is 31.1 Å². The van der Waals surface area contributed by atoms with Crippen molar-refractivity contribution in [2.75, 3.05) is 20.6 Å². The Morgan fingerprint density at radius 2 is 1.96 bits per heavy atom. The third-order valence-corrected chi connectivity index (χ3v) is 4.96. The number of hydrogen-bond donors (Lipinski definition) is 0. The number of carbonyl (C=O) groups is 2. The summed E-state index contributed by atoms with van der Waals surface area (Å²) in [6.07, 6.45) is 0.633. The van der Waals surface area contributed by atoms with Crippen LogP contribution in [-0.2, 0) is 16.1 Å². The van der Waals surface area contributed by atoms with Gasteiger partial charge in [0.05, 0.1) is 11.0 Å². The molecule has 2 rings (SSSR count). The number of nitro benzene ring substituents is 1. The van der Waals surface area contributed by atoms with Gasteiger partial charge in [-0.3, -0.25) is 24.6 Å². The average molecular weight is 351 g/mol. The molecule has 0 N–H and O–H groups in total. The smallest absolute Gasteiger partial charge is 0.269 e. The molecule has 0 unspecified atom stereocenters. The lowest BCUT2D eigenvalue weighted by Gasteiger charge is -2.25. The summed E-state index contributed by atoms with van der Waals surface area (Å²) < 4.78 is 0. The van der Waals surface area contributed by atoms with Gasteiger partial charge in [-0.2, -0.15) is 0 Å². The van der Waals surface area contributed by atoms with Crippen LogP contribution in [0.2, 0.25) is 0 Å². The van der Waals surface area contributed by atoms with Gasteiger partial charge >= 0.3 is 0 Å². The molecule has 0 saturated carbocycles. The summed E-state index contributed by atoms with van der Waals surface area (Å²) in [5.41, 5.74) is 0.955. The first-order valence-corrected chi connectivity index (χ1v) is 8.51. The van der Waals surface area contributed by atoms with Crippen molar-refractivity contribution in [1.82, 2.24) is 9.80 Å². The number of nitro groups is 1. The molecule has 130 valence electrons. The zero-order chi connectivity index (χ0) is 17.9. The Hall–Kier alpha value is -1.93. The molecule has 0 spiro atoms. The van der Waals surface area contributed by atoms with E-state index in [1.165, 1.54) is 30.8 Å². The summed E-state index contributed by atoms with van der Waals surface area (Å²) in [7, 11) is 3.44. The number of hydrogen-bond acceptors (Lipinski definition) is 6. The second-order valence-electron chi connectivity index (χ2n) is 6.07. The minimum atomic E-state index is -0.433. The molecule has 24 heavy (non-hydrogen) atoms. The Kier molecular flexibility index (Phi) is 5.95. The first-order chi connectivity index (χ1) is 11.3. The van der Waals surface area contributed by atoms with Gasteiger partial charge in [0.25, 0.3) is 5.69 Å². The van der Waals surface area contributed by atoms with Crippen molar-refractivity contribution in [3.63, 3.8) is 0 Å². The highest BCUT2D eigenvalue weighted by molar-refractivity contribution is 8.14. The SMILES string of the molecule is CC(=O)S[C@H]1C[C@@H](C(=O)N(C)C)N(Cc2ccc([N+](=O)[O-])cc2)C1. The highest BCUT2D eigenvalue weighted by Crippen LogP contribution is 2.30. The average Bonchev–Trinajstić information content (AvgIpc) is 2.88. The Balaban J connectivity index is 2.13. The number of thioether (sulfide) groups is 1. The Labute approximate surface area is 145 Å². The zero-order valence-electron chi connectivity index (χ0n) is 14.0. The van der Waals surface area contributed by atoms with Crippen LogP contribution in [0.4, 0.5) is 5.69 Å². The molecule has 0 radical (unpaired) electrons. The number of nitrogens with zero attached hydrogens (tertiary/aromatic N) is 3. The first-order valence-electron chi connectivity index (χ1n) is 7.63. The minimum absolute atomic E-state index is 0.0172. The molecule has 1 aromatic rings. The first kappa shape index (κ1) is 18.4. The molecule has 2 atom stereocenters. The fraction of sp³-hybridized carbons (Fsp3) is 0.500. The number of likely N-dealkylation sites (tertiary alicyclic amines) is 1. The summed E-state index contributed by atoms with van der Waals surface area (Å²) in [5, 5.41) is 10.9. The Bertz CT molecular complexity index is 633. The van der Waals surface area contributed by atoms with Crippen molar-refractivity contribution in [3.05, 3.63) is 39.9 Å². The molecular formula is C16H21N3O4S. The summed E-state index contributed by atoms with van der Waals surface area (Å²) in [6, 6.07) is 6.08. The molecule has 0 bridgehead atoms. The van der Waals surface area contributed by atoms with E-state index in [9.17, 15) is 19.7 Å². The van der Waals surface area contributed by atoms with Gasteiger partial charge in [0.2, 0.25) is 5.91 Å². The maximum absolute atomic E-state index is 12.4. The van der Waals surface area contributed by atoms with Crippen LogP contribution in [-0.4, -0.2) is 57.7 Å². The van der Waals surface area contributed by atoms with E-state index in [2.05, 4.69) is 0 Å². The molecule has 1 aliphatic heterocycles. The minimum Gasteiger partial charge on any atom is -0.347 e. The normalized spacial score (nSPS) is 20.8. The van der Waals surface area contributed by atoms with Crippen LogP contribution in [0.1, 0.15) is 18.9 Å². The van der Waals surface area contributed by atoms with Crippen LogP contribution >= 0.6 is 11.8 Å². The van der Waals surface area contributed by atoms with E-state index in [0.29, 0.717) is 19.5 Å². The van der Waals surface area contributed by atoms with E-state index >= 15 is 0 Å². The lowest BCUT2D eigenvalue weighted by molar-refractivity contribution is -0.384. The second-order valence-corrected chi connectivity index (χ2v) is 7.55. The van der Waals surface area contributed by atoms with Crippen molar-refractivity contribution in [2.24, 2.45) is 0 Å². The largest absolute Gasteiger partial charge is 0.347 e. The lowest BCUT2D eigenvalue weighted by Crippen LogP contribution is -2.42. The molecular weight excluding hydrogens is 330 g/mol. The van der Waals surface area contributed by atoms with Crippen LogP contribution in [0.25, 0.3) is 0 Å². The quantitative estimate of drug-likeness (QED) is 0.595. The maximum atomic E-state index is 12.4. The number of carbonyl (C=O) groups excluding carboxylic acids is 2. The van der Waals surface area contributed by atoms with Gasteiger partial charge in [-0.1, -0.05) is 23.9 Å². The van der Waals surface area contributed by atoms with Gasteiger partial charge in [-0.15, -0.1) is 0 Å². The molecule has 0 aromatic heterocycles. The highest BCUT2D eigenvalue weighted by Gasteiger charge is 2.38. The third kappa shape index (κ3) is 4.55. The van der Waals surface area contributed by atoms with Gasteiger partial charge in [-0.05, 0) is 12.0 Å². The molecule has 1 aliphatic rings. The van der Waals surface area contributed by atoms with E-state index in [-0.39, 0.29) is 28.0 Å². The van der Waals surface area contributed by atoms with Gasteiger partial charge in [-0.25, -0.2) is 0 Å². The molecule has 8 heteroatoms. The number of benzene rings is 1. The topological polar surface area (TPSA) is 83.8 Å². The van der Waals surface area contributed by atoms with Crippen molar-refractivity contribution in [2.45, 2.75) is 31.2 Å². The zero-order valence-corrected chi connectivity index (χ0v) is 14.8.